The van der Waals surface area contributed by atoms with Gasteiger partial charge >= 0.3 is 0 Å². The normalized spacial score (nSPS) is 26.5. The zero-order chi connectivity index (χ0) is 8.32. The van der Waals surface area contributed by atoms with Crippen molar-refractivity contribution in [2.45, 2.75) is 58.0 Å². The Morgan fingerprint density at radius 2 is 1.82 bits per heavy atom. The van der Waals surface area contributed by atoms with E-state index in [-0.39, 0.29) is 5.60 Å². The van der Waals surface area contributed by atoms with Gasteiger partial charge in [-0.05, 0) is 32.1 Å². The van der Waals surface area contributed by atoms with Crippen molar-refractivity contribution in [2.24, 2.45) is 5.92 Å². The predicted octanol–water partition coefficient (Wildman–Crippen LogP) is 2.73. The van der Waals surface area contributed by atoms with Crippen LogP contribution in [-0.2, 0) is 0 Å². The first kappa shape index (κ1) is 9.05. The van der Waals surface area contributed by atoms with Gasteiger partial charge in [0, 0.05) is 0 Å². The lowest BCUT2D eigenvalue weighted by Crippen LogP contribution is -2.34. The molecule has 0 aliphatic heterocycles. The standard InChI is InChI=1S/C10H20O/c1-3-10(2,11)9-7-5-4-6-8-9/h9,11H,3-8H2,1-2H3/t10-/m0/s1. The Balaban J connectivity index is 2.43. The molecule has 66 valence electrons. The summed E-state index contributed by atoms with van der Waals surface area (Å²) in [5, 5.41) is 9.95. The third kappa shape index (κ3) is 2.19. The number of aliphatic hydroxyl groups is 1. The molecular weight excluding hydrogens is 136 g/mol. The van der Waals surface area contributed by atoms with Crippen LogP contribution in [-0.4, -0.2) is 10.7 Å². The molecule has 1 heteroatoms. The third-order valence-electron chi connectivity index (χ3n) is 3.20. The molecule has 0 saturated heterocycles. The van der Waals surface area contributed by atoms with Gasteiger partial charge in [0.15, 0.2) is 0 Å². The highest BCUT2D eigenvalue weighted by Gasteiger charge is 2.30. The monoisotopic (exact) mass is 156 g/mol. The van der Waals surface area contributed by atoms with Crippen LogP contribution in [0.2, 0.25) is 0 Å². The fraction of sp³-hybridized carbons (Fsp3) is 1.00. The minimum Gasteiger partial charge on any atom is -0.390 e. The summed E-state index contributed by atoms with van der Waals surface area (Å²) in [6.45, 7) is 4.07. The molecule has 0 heterocycles. The minimum absolute atomic E-state index is 0.388. The summed E-state index contributed by atoms with van der Waals surface area (Å²) in [5.41, 5.74) is -0.388. The summed E-state index contributed by atoms with van der Waals surface area (Å²) in [4.78, 5) is 0. The lowest BCUT2D eigenvalue weighted by molar-refractivity contribution is -0.0194. The van der Waals surface area contributed by atoms with Crippen molar-refractivity contribution < 1.29 is 5.11 Å². The van der Waals surface area contributed by atoms with E-state index >= 15 is 0 Å². The lowest BCUT2D eigenvalue weighted by Gasteiger charge is -2.34. The lowest BCUT2D eigenvalue weighted by atomic mass is 9.77. The van der Waals surface area contributed by atoms with E-state index in [1.54, 1.807) is 0 Å². The third-order valence-corrected chi connectivity index (χ3v) is 3.20. The van der Waals surface area contributed by atoms with E-state index in [0.29, 0.717) is 5.92 Å². The van der Waals surface area contributed by atoms with E-state index in [4.69, 9.17) is 0 Å². The second-order valence-corrected chi connectivity index (χ2v) is 4.05. The van der Waals surface area contributed by atoms with Crippen LogP contribution in [0.1, 0.15) is 52.4 Å². The van der Waals surface area contributed by atoms with Gasteiger partial charge in [-0.2, -0.15) is 0 Å². The van der Waals surface area contributed by atoms with Crippen molar-refractivity contribution in [1.29, 1.82) is 0 Å². The Labute approximate surface area is 69.8 Å². The Morgan fingerprint density at radius 1 is 1.27 bits per heavy atom. The van der Waals surface area contributed by atoms with Gasteiger partial charge in [-0.1, -0.05) is 26.2 Å². The number of hydrogen-bond acceptors (Lipinski definition) is 1. The number of rotatable bonds is 2. The molecule has 0 amide bonds. The van der Waals surface area contributed by atoms with Crippen LogP contribution in [0, 0.1) is 5.92 Å². The van der Waals surface area contributed by atoms with Gasteiger partial charge in [-0.25, -0.2) is 0 Å². The summed E-state index contributed by atoms with van der Waals surface area (Å²) in [6.07, 6.45) is 7.39. The molecule has 0 radical (unpaired) electrons. The van der Waals surface area contributed by atoms with Crippen LogP contribution in [0.5, 0.6) is 0 Å². The molecule has 1 nitrogen and oxygen atoms in total. The van der Waals surface area contributed by atoms with Crippen molar-refractivity contribution in [3.05, 3.63) is 0 Å². The second kappa shape index (κ2) is 3.57. The highest BCUT2D eigenvalue weighted by Crippen LogP contribution is 2.34. The van der Waals surface area contributed by atoms with Crippen LogP contribution in [0.4, 0.5) is 0 Å². The molecule has 0 aromatic rings. The van der Waals surface area contributed by atoms with Gasteiger partial charge in [-0.15, -0.1) is 0 Å². The second-order valence-electron chi connectivity index (χ2n) is 4.05. The largest absolute Gasteiger partial charge is 0.390 e. The van der Waals surface area contributed by atoms with E-state index in [1.165, 1.54) is 32.1 Å². The molecule has 0 aromatic heterocycles. The molecule has 1 aliphatic rings. The van der Waals surface area contributed by atoms with Crippen molar-refractivity contribution in [3.63, 3.8) is 0 Å². The van der Waals surface area contributed by atoms with E-state index in [2.05, 4.69) is 6.92 Å². The fourth-order valence-corrected chi connectivity index (χ4v) is 2.01. The topological polar surface area (TPSA) is 20.2 Å². The van der Waals surface area contributed by atoms with Crippen LogP contribution in [0.3, 0.4) is 0 Å². The van der Waals surface area contributed by atoms with E-state index in [1.807, 2.05) is 6.92 Å². The predicted molar refractivity (Wildman–Crippen MR) is 47.5 cm³/mol. The van der Waals surface area contributed by atoms with Crippen molar-refractivity contribution in [1.82, 2.24) is 0 Å². The molecule has 1 aliphatic carbocycles. The fourth-order valence-electron chi connectivity index (χ4n) is 2.01. The van der Waals surface area contributed by atoms with Crippen molar-refractivity contribution in [2.75, 3.05) is 0 Å². The number of hydrogen-bond donors (Lipinski definition) is 1. The zero-order valence-corrected chi connectivity index (χ0v) is 7.77. The molecule has 0 bridgehead atoms. The van der Waals surface area contributed by atoms with Crippen LogP contribution in [0.25, 0.3) is 0 Å². The van der Waals surface area contributed by atoms with E-state index in [0.717, 1.165) is 6.42 Å². The van der Waals surface area contributed by atoms with Crippen molar-refractivity contribution in [3.8, 4) is 0 Å². The SMILES string of the molecule is CC[C@](C)(O)C1CCCCC1. The summed E-state index contributed by atoms with van der Waals surface area (Å²) < 4.78 is 0. The van der Waals surface area contributed by atoms with Gasteiger partial charge in [-0.3, -0.25) is 0 Å². The molecule has 1 atom stereocenters. The summed E-state index contributed by atoms with van der Waals surface area (Å²) in [7, 11) is 0. The van der Waals surface area contributed by atoms with Crippen LogP contribution in [0.15, 0.2) is 0 Å². The Hall–Kier alpha value is -0.0400. The van der Waals surface area contributed by atoms with Crippen LogP contribution >= 0.6 is 0 Å². The molecule has 1 rings (SSSR count). The molecule has 0 unspecified atom stereocenters. The summed E-state index contributed by atoms with van der Waals surface area (Å²) in [6, 6.07) is 0. The molecular formula is C10H20O. The molecule has 1 fully saturated rings. The molecule has 11 heavy (non-hydrogen) atoms. The van der Waals surface area contributed by atoms with Crippen LogP contribution < -0.4 is 0 Å². The maximum atomic E-state index is 9.95. The van der Waals surface area contributed by atoms with Gasteiger partial charge in [0.25, 0.3) is 0 Å². The van der Waals surface area contributed by atoms with Gasteiger partial charge in [0.1, 0.15) is 0 Å². The van der Waals surface area contributed by atoms with Crippen molar-refractivity contribution >= 4 is 0 Å². The Kier molecular flexibility index (Phi) is 2.94. The highest BCUT2D eigenvalue weighted by molar-refractivity contribution is 4.82. The first-order chi connectivity index (χ1) is 5.17. The summed E-state index contributed by atoms with van der Waals surface area (Å²) in [5.74, 6) is 0.571. The first-order valence-corrected chi connectivity index (χ1v) is 4.89. The van der Waals surface area contributed by atoms with Gasteiger partial charge < -0.3 is 5.11 Å². The average molecular weight is 156 g/mol. The maximum Gasteiger partial charge on any atom is 0.0645 e. The van der Waals surface area contributed by atoms with Gasteiger partial charge in [0.05, 0.1) is 5.60 Å². The molecule has 0 aromatic carbocycles. The van der Waals surface area contributed by atoms with E-state index in [9.17, 15) is 5.11 Å². The maximum absolute atomic E-state index is 9.95. The zero-order valence-electron chi connectivity index (χ0n) is 7.77. The Morgan fingerprint density at radius 3 is 2.27 bits per heavy atom. The molecule has 1 saturated carbocycles. The molecule has 0 spiro atoms. The van der Waals surface area contributed by atoms with E-state index < -0.39 is 0 Å². The average Bonchev–Trinajstić information content (AvgIpc) is 2.06. The smallest absolute Gasteiger partial charge is 0.0645 e. The highest BCUT2D eigenvalue weighted by atomic mass is 16.3. The molecule has 1 N–H and O–H groups in total. The summed E-state index contributed by atoms with van der Waals surface area (Å²) >= 11 is 0. The quantitative estimate of drug-likeness (QED) is 0.651. The van der Waals surface area contributed by atoms with Gasteiger partial charge in [0.2, 0.25) is 0 Å². The first-order valence-electron chi connectivity index (χ1n) is 4.89. The Bertz CT molecular complexity index is 112. The minimum atomic E-state index is -0.388.